The Morgan fingerprint density at radius 3 is 2.64 bits per heavy atom. The zero-order valence-electron chi connectivity index (χ0n) is 9.92. The van der Waals surface area contributed by atoms with Crippen molar-refractivity contribution in [3.8, 4) is 0 Å². The second kappa shape index (κ2) is 5.99. The zero-order valence-corrected chi connectivity index (χ0v) is 10.7. The summed E-state index contributed by atoms with van der Waals surface area (Å²) >= 11 is 1.94. The Kier molecular flexibility index (Phi) is 5.28. The van der Waals surface area contributed by atoms with Crippen molar-refractivity contribution in [3.63, 3.8) is 0 Å². The van der Waals surface area contributed by atoms with Crippen LogP contribution < -0.4 is 5.32 Å². The highest BCUT2D eigenvalue weighted by atomic mass is 32.2. The summed E-state index contributed by atoms with van der Waals surface area (Å²) in [6.07, 6.45) is 3.50. The summed E-state index contributed by atoms with van der Waals surface area (Å²) in [6, 6.07) is 1.44. The van der Waals surface area contributed by atoms with Crippen molar-refractivity contribution in [2.75, 3.05) is 25.9 Å². The Bertz CT molecular complexity index is 161. The lowest BCUT2D eigenvalue weighted by molar-refractivity contribution is 0.268. The van der Waals surface area contributed by atoms with Crippen LogP contribution in [-0.2, 0) is 0 Å². The van der Waals surface area contributed by atoms with Crippen LogP contribution in [0.4, 0.5) is 0 Å². The molecule has 1 aliphatic rings. The van der Waals surface area contributed by atoms with Crippen LogP contribution in [0.1, 0.15) is 27.2 Å². The van der Waals surface area contributed by atoms with E-state index in [4.69, 9.17) is 0 Å². The van der Waals surface area contributed by atoms with Gasteiger partial charge in [0.05, 0.1) is 0 Å². The molecule has 1 N–H and O–H groups in total. The molecule has 2 nitrogen and oxygen atoms in total. The van der Waals surface area contributed by atoms with Crippen molar-refractivity contribution in [2.24, 2.45) is 0 Å². The summed E-state index contributed by atoms with van der Waals surface area (Å²) in [6.45, 7) is 10.5. The molecule has 0 saturated carbocycles. The Labute approximate surface area is 92.8 Å². The summed E-state index contributed by atoms with van der Waals surface area (Å²) in [5.41, 5.74) is 0. The molecule has 1 rings (SSSR count). The smallest absolute Gasteiger partial charge is 0.0207 e. The van der Waals surface area contributed by atoms with E-state index >= 15 is 0 Å². The molecule has 0 aromatic carbocycles. The third kappa shape index (κ3) is 3.79. The topological polar surface area (TPSA) is 15.3 Å². The molecule has 0 spiro atoms. The number of nitrogens with zero attached hydrogens (tertiary/aromatic N) is 1. The minimum Gasteiger partial charge on any atom is -0.312 e. The largest absolute Gasteiger partial charge is 0.312 e. The highest BCUT2D eigenvalue weighted by Gasteiger charge is 2.23. The van der Waals surface area contributed by atoms with Crippen LogP contribution in [0.3, 0.4) is 0 Å². The normalized spacial score (nSPS) is 25.9. The van der Waals surface area contributed by atoms with Gasteiger partial charge in [-0.15, -0.1) is 0 Å². The van der Waals surface area contributed by atoms with Crippen molar-refractivity contribution in [3.05, 3.63) is 0 Å². The molecule has 0 aromatic rings. The van der Waals surface area contributed by atoms with Gasteiger partial charge in [-0.05, 0) is 33.1 Å². The lowest BCUT2D eigenvalue weighted by atomic mass is 10.2. The number of hydrogen-bond donors (Lipinski definition) is 1. The summed E-state index contributed by atoms with van der Waals surface area (Å²) in [5, 5.41) is 4.39. The van der Waals surface area contributed by atoms with Crippen LogP contribution in [0.25, 0.3) is 0 Å². The summed E-state index contributed by atoms with van der Waals surface area (Å²) < 4.78 is 0. The predicted octanol–water partition coefficient (Wildman–Crippen LogP) is 1.81. The molecule has 0 bridgehead atoms. The summed E-state index contributed by atoms with van der Waals surface area (Å²) in [4.78, 5) is 2.56. The van der Waals surface area contributed by atoms with Crippen LogP contribution in [0.2, 0.25) is 0 Å². The second-order valence-corrected chi connectivity index (χ2v) is 5.80. The van der Waals surface area contributed by atoms with E-state index in [0.717, 1.165) is 17.8 Å². The van der Waals surface area contributed by atoms with Gasteiger partial charge in [-0.3, -0.25) is 4.90 Å². The Balaban J connectivity index is 2.16. The molecule has 0 unspecified atom stereocenters. The van der Waals surface area contributed by atoms with Gasteiger partial charge >= 0.3 is 0 Å². The van der Waals surface area contributed by atoms with E-state index in [2.05, 4.69) is 37.2 Å². The van der Waals surface area contributed by atoms with E-state index in [-0.39, 0.29) is 0 Å². The number of likely N-dealkylation sites (tertiary alicyclic amines) is 1. The lowest BCUT2D eigenvalue weighted by Gasteiger charge is -2.21. The van der Waals surface area contributed by atoms with Gasteiger partial charge in [-0.25, -0.2) is 0 Å². The molecule has 3 heteroatoms. The molecule has 1 saturated heterocycles. The van der Waals surface area contributed by atoms with Crippen LogP contribution in [0.15, 0.2) is 0 Å². The van der Waals surface area contributed by atoms with Gasteiger partial charge in [0.2, 0.25) is 0 Å². The van der Waals surface area contributed by atoms with E-state index in [9.17, 15) is 0 Å². The van der Waals surface area contributed by atoms with E-state index in [0.29, 0.717) is 6.04 Å². The van der Waals surface area contributed by atoms with Crippen molar-refractivity contribution in [2.45, 2.75) is 44.5 Å². The molecule has 0 radical (unpaired) electrons. The molecule has 84 valence electrons. The monoisotopic (exact) mass is 216 g/mol. The molecular formula is C11H24N2S. The number of hydrogen-bond acceptors (Lipinski definition) is 3. The molecular weight excluding hydrogens is 192 g/mol. The first-order valence-corrected chi connectivity index (χ1v) is 6.92. The predicted molar refractivity (Wildman–Crippen MR) is 66.1 cm³/mol. The molecule has 0 amide bonds. The maximum Gasteiger partial charge on any atom is 0.0207 e. The maximum atomic E-state index is 3.65. The van der Waals surface area contributed by atoms with Gasteiger partial charge < -0.3 is 5.32 Å². The molecule has 14 heavy (non-hydrogen) atoms. The van der Waals surface area contributed by atoms with E-state index in [1.54, 1.807) is 0 Å². The summed E-state index contributed by atoms with van der Waals surface area (Å²) in [5.74, 6) is 0. The molecule has 2 atom stereocenters. The first-order chi connectivity index (χ1) is 6.63. The lowest BCUT2D eigenvalue weighted by Crippen LogP contribution is -2.37. The third-order valence-corrected chi connectivity index (χ3v) is 4.02. The summed E-state index contributed by atoms with van der Waals surface area (Å²) in [7, 11) is 0. The maximum absolute atomic E-state index is 3.65. The standard InChI is InChI=1S/C11H24N2S/c1-9(2)13-6-5-11(8-13)12-7-10(3)14-4/h9-12H,5-8H2,1-4H3/t10-,11+/m0/s1. The quantitative estimate of drug-likeness (QED) is 0.754. The fraction of sp³-hybridized carbons (Fsp3) is 1.00. The zero-order chi connectivity index (χ0) is 10.6. The van der Waals surface area contributed by atoms with Crippen LogP contribution in [-0.4, -0.2) is 48.1 Å². The van der Waals surface area contributed by atoms with Crippen molar-refractivity contribution < 1.29 is 0 Å². The molecule has 0 aromatic heterocycles. The van der Waals surface area contributed by atoms with Crippen molar-refractivity contribution in [1.29, 1.82) is 0 Å². The van der Waals surface area contributed by atoms with Gasteiger partial charge in [0.25, 0.3) is 0 Å². The number of nitrogens with one attached hydrogen (secondary N) is 1. The van der Waals surface area contributed by atoms with Crippen molar-refractivity contribution >= 4 is 11.8 Å². The average Bonchev–Trinajstić information content (AvgIpc) is 2.62. The fourth-order valence-corrected chi connectivity index (χ4v) is 2.10. The Hall–Kier alpha value is 0.270. The van der Waals surface area contributed by atoms with E-state index in [1.165, 1.54) is 19.5 Å². The van der Waals surface area contributed by atoms with Crippen molar-refractivity contribution in [1.82, 2.24) is 10.2 Å². The van der Waals surface area contributed by atoms with E-state index in [1.807, 2.05) is 11.8 Å². The molecule has 0 aliphatic carbocycles. The van der Waals surface area contributed by atoms with Gasteiger partial charge in [0.15, 0.2) is 0 Å². The van der Waals surface area contributed by atoms with Gasteiger partial charge in [0, 0.05) is 30.4 Å². The molecule has 1 heterocycles. The Morgan fingerprint density at radius 2 is 2.14 bits per heavy atom. The second-order valence-electron chi connectivity index (χ2n) is 4.53. The number of thioether (sulfide) groups is 1. The van der Waals surface area contributed by atoms with E-state index < -0.39 is 0 Å². The highest BCUT2D eigenvalue weighted by molar-refractivity contribution is 7.99. The SMILES string of the molecule is CS[C@@H](C)CN[C@@H]1CCN(C(C)C)C1. The minimum absolute atomic E-state index is 0.708. The minimum atomic E-state index is 0.708. The van der Waals surface area contributed by atoms with Crippen LogP contribution >= 0.6 is 11.8 Å². The average molecular weight is 216 g/mol. The molecule has 1 aliphatic heterocycles. The third-order valence-electron chi connectivity index (χ3n) is 3.05. The number of rotatable bonds is 5. The van der Waals surface area contributed by atoms with Crippen LogP contribution in [0.5, 0.6) is 0 Å². The molecule has 1 fully saturated rings. The highest BCUT2D eigenvalue weighted by Crippen LogP contribution is 2.13. The van der Waals surface area contributed by atoms with Gasteiger partial charge in [-0.1, -0.05) is 6.92 Å². The van der Waals surface area contributed by atoms with Crippen LogP contribution in [0, 0.1) is 0 Å². The fourth-order valence-electron chi connectivity index (χ4n) is 1.84. The van der Waals surface area contributed by atoms with Gasteiger partial charge in [0.1, 0.15) is 0 Å². The van der Waals surface area contributed by atoms with Gasteiger partial charge in [-0.2, -0.15) is 11.8 Å². The first kappa shape index (κ1) is 12.3. The first-order valence-electron chi connectivity index (χ1n) is 5.63. The Morgan fingerprint density at radius 1 is 1.43 bits per heavy atom.